The molecule has 0 saturated carbocycles. The summed E-state index contributed by atoms with van der Waals surface area (Å²) in [5.41, 5.74) is 2.90. The van der Waals surface area contributed by atoms with E-state index in [4.69, 9.17) is 5.10 Å². The normalized spacial score (nSPS) is 15.3. The summed E-state index contributed by atoms with van der Waals surface area (Å²) in [6.07, 6.45) is 8.28. The van der Waals surface area contributed by atoms with Crippen molar-refractivity contribution < 1.29 is 0 Å². The van der Waals surface area contributed by atoms with Crippen LogP contribution in [0.4, 0.5) is 5.82 Å². The number of para-hydroxylation sites is 1. The Kier molecular flexibility index (Phi) is 5.62. The third kappa shape index (κ3) is 3.40. The average molecular weight is 483 g/mol. The number of nitriles is 1. The van der Waals surface area contributed by atoms with Gasteiger partial charge in [0.1, 0.15) is 29.4 Å². The van der Waals surface area contributed by atoms with Crippen molar-refractivity contribution in [2.75, 3.05) is 11.4 Å². The third-order valence-electron chi connectivity index (χ3n) is 6.37. The van der Waals surface area contributed by atoms with E-state index in [0.29, 0.717) is 33.8 Å². The average Bonchev–Trinajstić information content (AvgIpc) is 3.61. The fraction of sp³-hybridized carbons (Fsp3) is 0.160. The Hall–Kier alpha value is -4.36. The molecule has 4 aromatic heterocycles. The van der Waals surface area contributed by atoms with Crippen molar-refractivity contribution in [3.05, 3.63) is 89.0 Å². The molecule has 1 aliphatic rings. The van der Waals surface area contributed by atoms with E-state index >= 15 is 0 Å². The number of hydrogen-bond acceptors (Lipinski definition) is 6. The van der Waals surface area contributed by atoms with Crippen LogP contribution in [0.15, 0.2) is 66.5 Å². The Labute approximate surface area is 207 Å². The number of anilines is 1. The summed E-state index contributed by atoms with van der Waals surface area (Å²) in [5, 5.41) is 15.2. The molecular formula is C25H22N8OS. The van der Waals surface area contributed by atoms with Crippen molar-refractivity contribution in [1.29, 1.82) is 5.26 Å². The van der Waals surface area contributed by atoms with Gasteiger partial charge in [0.25, 0.3) is 5.56 Å². The molecule has 0 unspecified atom stereocenters. The van der Waals surface area contributed by atoms with Gasteiger partial charge in [-0.3, -0.25) is 9.36 Å². The van der Waals surface area contributed by atoms with Crippen LogP contribution in [-0.4, -0.2) is 35.7 Å². The summed E-state index contributed by atoms with van der Waals surface area (Å²) in [6, 6.07) is 13.4. The SMILES string of the molecule is C=Cc1ccn2nc([C@@H]3CCCN3c3ncnc4[nH]cc(C#N)c34)n(-c3ccccc3)c(=O)c12.S. The molecule has 0 radical (unpaired) electrons. The lowest BCUT2D eigenvalue weighted by atomic mass is 10.1. The highest BCUT2D eigenvalue weighted by Crippen LogP contribution is 2.38. The molecule has 6 rings (SSSR count). The second kappa shape index (κ2) is 8.77. The minimum atomic E-state index is -0.216. The maximum absolute atomic E-state index is 13.8. The Morgan fingerprint density at radius 3 is 2.80 bits per heavy atom. The van der Waals surface area contributed by atoms with Crippen LogP contribution in [0.25, 0.3) is 28.3 Å². The molecule has 1 fully saturated rings. The van der Waals surface area contributed by atoms with Gasteiger partial charge in [0.2, 0.25) is 0 Å². The zero-order valence-electron chi connectivity index (χ0n) is 18.7. The molecule has 174 valence electrons. The molecule has 1 N–H and O–H groups in total. The molecule has 0 amide bonds. The monoisotopic (exact) mass is 482 g/mol. The number of nitrogens with zero attached hydrogens (tertiary/aromatic N) is 7. The van der Waals surface area contributed by atoms with Crippen LogP contribution in [0.3, 0.4) is 0 Å². The molecular weight excluding hydrogens is 460 g/mol. The van der Waals surface area contributed by atoms with Crippen LogP contribution in [0.5, 0.6) is 0 Å². The van der Waals surface area contributed by atoms with Crippen LogP contribution in [0, 0.1) is 11.3 Å². The van der Waals surface area contributed by atoms with Crippen LogP contribution < -0.4 is 10.5 Å². The summed E-state index contributed by atoms with van der Waals surface area (Å²) in [4.78, 5) is 27.8. The Bertz CT molecular complexity index is 1660. The van der Waals surface area contributed by atoms with Gasteiger partial charge in [-0.05, 0) is 31.0 Å². The number of aromatic amines is 1. The van der Waals surface area contributed by atoms with Crippen LogP contribution in [0.2, 0.25) is 0 Å². The molecule has 9 nitrogen and oxygen atoms in total. The number of hydrogen-bond donors (Lipinski definition) is 1. The smallest absolute Gasteiger partial charge is 0.283 e. The van der Waals surface area contributed by atoms with Crippen molar-refractivity contribution in [3.63, 3.8) is 0 Å². The van der Waals surface area contributed by atoms with E-state index < -0.39 is 0 Å². The van der Waals surface area contributed by atoms with Crippen molar-refractivity contribution in [2.45, 2.75) is 18.9 Å². The highest BCUT2D eigenvalue weighted by molar-refractivity contribution is 7.59. The second-order valence-corrected chi connectivity index (χ2v) is 8.19. The summed E-state index contributed by atoms with van der Waals surface area (Å²) in [5.74, 6) is 1.28. The highest BCUT2D eigenvalue weighted by Gasteiger charge is 2.34. The largest absolute Gasteiger partial charge is 0.346 e. The lowest BCUT2D eigenvalue weighted by molar-refractivity contribution is 0.602. The van der Waals surface area contributed by atoms with Crippen molar-refractivity contribution >= 4 is 41.9 Å². The first-order chi connectivity index (χ1) is 16.7. The summed E-state index contributed by atoms with van der Waals surface area (Å²) < 4.78 is 3.32. The minimum Gasteiger partial charge on any atom is -0.346 e. The molecule has 1 aliphatic heterocycles. The molecule has 1 atom stereocenters. The standard InChI is InChI=1S/C25H20N8O.H2S/c1-2-16-10-12-32-21(16)25(34)33(18-7-4-3-5-8-18)23(30-32)19-9-6-11-31(19)24-20-17(13-26)14-27-22(20)28-15-29-24;/h2-5,7-8,10,12,14-15,19H,1,6,9,11H2,(H,27,28,29);1H2/t19-;/m0./s1. The first-order valence-corrected chi connectivity index (χ1v) is 11.0. The predicted octanol–water partition coefficient (Wildman–Crippen LogP) is 3.73. The van der Waals surface area contributed by atoms with Gasteiger partial charge in [-0.2, -0.15) is 23.9 Å². The lowest BCUT2D eigenvalue weighted by Crippen LogP contribution is -2.33. The fourth-order valence-electron chi connectivity index (χ4n) is 4.85. The highest BCUT2D eigenvalue weighted by atomic mass is 32.1. The van der Waals surface area contributed by atoms with E-state index in [9.17, 15) is 10.1 Å². The van der Waals surface area contributed by atoms with Gasteiger partial charge in [0.15, 0.2) is 5.82 Å². The molecule has 0 aliphatic carbocycles. The molecule has 5 aromatic rings. The van der Waals surface area contributed by atoms with E-state index in [1.807, 2.05) is 36.4 Å². The third-order valence-corrected chi connectivity index (χ3v) is 6.37. The summed E-state index contributed by atoms with van der Waals surface area (Å²) in [7, 11) is 0. The molecule has 0 spiro atoms. The quantitative estimate of drug-likeness (QED) is 0.418. The molecule has 1 saturated heterocycles. The molecule has 5 heterocycles. The zero-order chi connectivity index (χ0) is 23.2. The van der Waals surface area contributed by atoms with E-state index in [2.05, 4.69) is 32.5 Å². The summed E-state index contributed by atoms with van der Waals surface area (Å²) in [6.45, 7) is 4.57. The molecule has 0 bridgehead atoms. The number of H-pyrrole nitrogens is 1. The Morgan fingerprint density at radius 1 is 1.20 bits per heavy atom. The second-order valence-electron chi connectivity index (χ2n) is 8.19. The first kappa shape index (κ1) is 22.4. The molecule has 10 heteroatoms. The van der Waals surface area contributed by atoms with Gasteiger partial charge in [0, 0.05) is 24.5 Å². The lowest BCUT2D eigenvalue weighted by Gasteiger charge is -2.27. The van der Waals surface area contributed by atoms with E-state index in [1.54, 1.807) is 27.6 Å². The van der Waals surface area contributed by atoms with Gasteiger partial charge in [-0.25, -0.2) is 14.5 Å². The fourth-order valence-corrected chi connectivity index (χ4v) is 4.85. The van der Waals surface area contributed by atoms with Crippen LogP contribution >= 0.6 is 13.5 Å². The number of aromatic nitrogens is 6. The summed E-state index contributed by atoms with van der Waals surface area (Å²) >= 11 is 0. The van der Waals surface area contributed by atoms with Gasteiger partial charge in [-0.1, -0.05) is 30.9 Å². The number of nitrogens with one attached hydrogen (secondary N) is 1. The molecule has 35 heavy (non-hydrogen) atoms. The van der Waals surface area contributed by atoms with Gasteiger partial charge < -0.3 is 9.88 Å². The number of fused-ring (bicyclic) bond motifs is 2. The number of rotatable bonds is 4. The Morgan fingerprint density at radius 2 is 2.03 bits per heavy atom. The maximum Gasteiger partial charge on any atom is 0.283 e. The number of benzene rings is 1. The van der Waals surface area contributed by atoms with Crippen LogP contribution in [-0.2, 0) is 0 Å². The van der Waals surface area contributed by atoms with Gasteiger partial charge >= 0.3 is 0 Å². The van der Waals surface area contributed by atoms with E-state index in [0.717, 1.165) is 30.6 Å². The molecule has 1 aromatic carbocycles. The van der Waals surface area contributed by atoms with Crippen molar-refractivity contribution in [1.82, 2.24) is 29.1 Å². The van der Waals surface area contributed by atoms with Gasteiger partial charge in [0.05, 0.1) is 22.7 Å². The topological polar surface area (TPSA) is 108 Å². The van der Waals surface area contributed by atoms with Gasteiger partial charge in [-0.15, -0.1) is 0 Å². The Balaban J connectivity index is 0.00000253. The van der Waals surface area contributed by atoms with Crippen molar-refractivity contribution in [3.8, 4) is 11.8 Å². The minimum absolute atomic E-state index is 0. The van der Waals surface area contributed by atoms with E-state index in [-0.39, 0.29) is 25.1 Å². The first-order valence-electron chi connectivity index (χ1n) is 11.0. The zero-order valence-corrected chi connectivity index (χ0v) is 19.7. The van der Waals surface area contributed by atoms with E-state index in [1.165, 1.54) is 6.33 Å². The predicted molar refractivity (Wildman–Crippen MR) is 139 cm³/mol. The maximum atomic E-state index is 13.8. The van der Waals surface area contributed by atoms with Crippen LogP contribution in [0.1, 0.15) is 35.8 Å². The van der Waals surface area contributed by atoms with Crippen molar-refractivity contribution in [2.24, 2.45) is 0 Å².